The number of carbonyl (C=O) groups excluding carboxylic acids is 2. The lowest BCUT2D eigenvalue weighted by atomic mass is 9.65. The Balaban J connectivity index is 1.71. The minimum absolute atomic E-state index is 0.149. The molecule has 1 heterocycles. The second-order valence-corrected chi connectivity index (χ2v) is 6.56. The number of aryl methyl sites for hydroxylation is 1. The van der Waals surface area contributed by atoms with Crippen LogP contribution < -0.4 is 15.8 Å². The summed E-state index contributed by atoms with van der Waals surface area (Å²) in [6.45, 7) is 1.79. The lowest BCUT2D eigenvalue weighted by Gasteiger charge is -2.42. The third-order valence-electron chi connectivity index (χ3n) is 4.74. The minimum atomic E-state index is -1.25. The lowest BCUT2D eigenvalue weighted by Crippen LogP contribution is -2.57. The highest BCUT2D eigenvalue weighted by Gasteiger charge is 2.55. The smallest absolute Gasteiger partial charge is 0.240 e. The molecule has 0 saturated heterocycles. The van der Waals surface area contributed by atoms with E-state index in [2.05, 4.69) is 10.3 Å². The maximum absolute atomic E-state index is 12.9. The summed E-state index contributed by atoms with van der Waals surface area (Å²) in [4.78, 5) is 28.2. The summed E-state index contributed by atoms with van der Waals surface area (Å²) in [5, 5.41) is 2.73. The van der Waals surface area contributed by atoms with Crippen molar-refractivity contribution in [3.63, 3.8) is 0 Å². The molecule has 8 heteroatoms. The van der Waals surface area contributed by atoms with Gasteiger partial charge in [0.25, 0.3) is 0 Å². The Morgan fingerprint density at radius 3 is 2.59 bits per heavy atom. The van der Waals surface area contributed by atoms with Crippen LogP contribution in [0.3, 0.4) is 0 Å². The van der Waals surface area contributed by atoms with Gasteiger partial charge in [-0.1, -0.05) is 0 Å². The number of ether oxygens (including phenoxy) is 2. The van der Waals surface area contributed by atoms with E-state index in [0.717, 1.165) is 11.8 Å². The van der Waals surface area contributed by atoms with Gasteiger partial charge in [-0.05, 0) is 49.6 Å². The number of nitrogens with one attached hydrogen (secondary N) is 1. The second kappa shape index (κ2) is 7.32. The number of nitrogens with zero attached hydrogens (tertiary/aromatic N) is 1. The number of benzene rings is 1. The van der Waals surface area contributed by atoms with Gasteiger partial charge in [-0.15, -0.1) is 0 Å². The Morgan fingerprint density at radius 1 is 1.30 bits per heavy atom. The fourth-order valence-corrected chi connectivity index (χ4v) is 3.01. The quantitative estimate of drug-likeness (QED) is 0.758. The molecule has 0 aliphatic heterocycles. The van der Waals surface area contributed by atoms with E-state index in [9.17, 15) is 14.0 Å². The molecule has 0 unspecified atom stereocenters. The van der Waals surface area contributed by atoms with Crippen molar-refractivity contribution in [1.29, 1.82) is 0 Å². The number of amides is 2. The third kappa shape index (κ3) is 3.75. The SMILES string of the molecule is COC1CC(C(N)=O)(C(=O)Nc2ccc(Oc3ccc(F)cn3)c(C)c2)C1. The van der Waals surface area contributed by atoms with E-state index in [1.54, 1.807) is 25.1 Å². The Morgan fingerprint density at radius 2 is 2.04 bits per heavy atom. The molecule has 1 fully saturated rings. The van der Waals surface area contributed by atoms with Gasteiger partial charge in [0, 0.05) is 18.9 Å². The van der Waals surface area contributed by atoms with Gasteiger partial charge in [-0.2, -0.15) is 0 Å². The van der Waals surface area contributed by atoms with Gasteiger partial charge in [-0.3, -0.25) is 9.59 Å². The van der Waals surface area contributed by atoms with E-state index in [4.69, 9.17) is 15.2 Å². The number of pyridine rings is 1. The molecule has 3 rings (SSSR count). The van der Waals surface area contributed by atoms with Crippen LogP contribution in [0.25, 0.3) is 0 Å². The number of aromatic nitrogens is 1. The number of anilines is 1. The predicted molar refractivity (Wildman–Crippen MR) is 95.7 cm³/mol. The van der Waals surface area contributed by atoms with E-state index in [-0.39, 0.29) is 24.8 Å². The molecule has 27 heavy (non-hydrogen) atoms. The molecule has 1 saturated carbocycles. The molecule has 0 atom stereocenters. The van der Waals surface area contributed by atoms with Gasteiger partial charge < -0.3 is 20.5 Å². The molecule has 142 valence electrons. The van der Waals surface area contributed by atoms with Gasteiger partial charge in [0.1, 0.15) is 17.0 Å². The van der Waals surface area contributed by atoms with Gasteiger partial charge in [-0.25, -0.2) is 9.37 Å². The molecule has 3 N–H and O–H groups in total. The van der Waals surface area contributed by atoms with Crippen LogP contribution in [0.1, 0.15) is 18.4 Å². The monoisotopic (exact) mass is 373 g/mol. The van der Waals surface area contributed by atoms with Crippen LogP contribution in [0.5, 0.6) is 11.6 Å². The number of rotatable bonds is 6. The standard InChI is InChI=1S/C19H20FN3O4/c1-11-7-13(4-5-15(11)27-16-6-3-12(20)10-22-16)23-18(25)19(17(21)24)8-14(9-19)26-2/h3-7,10,14H,8-9H2,1-2H3,(H2,21,24)(H,23,25). The summed E-state index contributed by atoms with van der Waals surface area (Å²) in [7, 11) is 1.53. The number of carbonyl (C=O) groups is 2. The molecule has 1 aliphatic rings. The largest absolute Gasteiger partial charge is 0.439 e. The molecule has 1 aromatic carbocycles. The zero-order chi connectivity index (χ0) is 19.6. The fraction of sp³-hybridized carbons (Fsp3) is 0.316. The lowest BCUT2D eigenvalue weighted by molar-refractivity contribution is -0.154. The van der Waals surface area contributed by atoms with Crippen LogP contribution in [-0.4, -0.2) is 30.0 Å². The summed E-state index contributed by atoms with van der Waals surface area (Å²) in [5.41, 5.74) is 5.44. The first-order valence-electron chi connectivity index (χ1n) is 8.38. The summed E-state index contributed by atoms with van der Waals surface area (Å²) < 4.78 is 23.7. The average molecular weight is 373 g/mol. The van der Waals surface area contributed by atoms with Gasteiger partial charge in [0.15, 0.2) is 0 Å². The van der Waals surface area contributed by atoms with Crippen LogP contribution in [0.4, 0.5) is 10.1 Å². The van der Waals surface area contributed by atoms with Crippen molar-refractivity contribution >= 4 is 17.5 Å². The van der Waals surface area contributed by atoms with Crippen LogP contribution in [-0.2, 0) is 14.3 Å². The molecule has 1 aliphatic carbocycles. The summed E-state index contributed by atoms with van der Waals surface area (Å²) >= 11 is 0. The van der Waals surface area contributed by atoms with Crippen LogP contribution >= 0.6 is 0 Å². The van der Waals surface area contributed by atoms with Crippen LogP contribution in [0.2, 0.25) is 0 Å². The number of nitrogens with two attached hydrogens (primary N) is 1. The number of hydrogen-bond acceptors (Lipinski definition) is 5. The molecule has 1 aromatic heterocycles. The van der Waals surface area contributed by atoms with Gasteiger partial charge in [0.2, 0.25) is 17.7 Å². The Labute approximate surface area is 155 Å². The topological polar surface area (TPSA) is 104 Å². The van der Waals surface area contributed by atoms with Crippen molar-refractivity contribution in [3.05, 3.63) is 47.9 Å². The highest BCUT2D eigenvalue weighted by molar-refractivity contribution is 6.11. The predicted octanol–water partition coefficient (Wildman–Crippen LogP) is 2.54. The minimum Gasteiger partial charge on any atom is -0.439 e. The van der Waals surface area contributed by atoms with Gasteiger partial charge >= 0.3 is 0 Å². The average Bonchev–Trinajstić information content (AvgIpc) is 2.58. The van der Waals surface area contributed by atoms with E-state index < -0.39 is 23.0 Å². The molecule has 0 radical (unpaired) electrons. The maximum atomic E-state index is 12.9. The number of methoxy groups -OCH3 is 1. The van der Waals surface area contributed by atoms with E-state index in [1.807, 2.05) is 0 Å². The summed E-state index contributed by atoms with van der Waals surface area (Å²) in [5.74, 6) is -0.792. The Kier molecular flexibility index (Phi) is 5.09. The van der Waals surface area contributed by atoms with E-state index in [1.165, 1.54) is 19.2 Å². The first-order chi connectivity index (χ1) is 12.8. The zero-order valence-electron chi connectivity index (χ0n) is 15.0. The molecule has 2 aromatic rings. The van der Waals surface area contributed by atoms with E-state index in [0.29, 0.717) is 11.4 Å². The van der Waals surface area contributed by atoms with Crippen molar-refractivity contribution in [2.45, 2.75) is 25.9 Å². The van der Waals surface area contributed by atoms with Crippen molar-refractivity contribution < 1.29 is 23.5 Å². The van der Waals surface area contributed by atoms with E-state index >= 15 is 0 Å². The summed E-state index contributed by atoms with van der Waals surface area (Å²) in [6, 6.07) is 7.68. The van der Waals surface area contributed by atoms with Crippen molar-refractivity contribution in [2.75, 3.05) is 12.4 Å². The van der Waals surface area contributed by atoms with Crippen molar-refractivity contribution in [2.24, 2.45) is 11.1 Å². The first-order valence-corrected chi connectivity index (χ1v) is 8.38. The summed E-state index contributed by atoms with van der Waals surface area (Å²) in [6.07, 6.45) is 1.44. The van der Waals surface area contributed by atoms with Crippen LogP contribution in [0.15, 0.2) is 36.5 Å². The van der Waals surface area contributed by atoms with Gasteiger partial charge in [0.05, 0.1) is 12.3 Å². The normalized spacial score (nSPS) is 21.2. The molecular formula is C19H20FN3O4. The maximum Gasteiger partial charge on any atom is 0.240 e. The number of halogens is 1. The van der Waals surface area contributed by atoms with Crippen LogP contribution in [0, 0.1) is 18.2 Å². The van der Waals surface area contributed by atoms with Crippen molar-refractivity contribution in [3.8, 4) is 11.6 Å². The highest BCUT2D eigenvalue weighted by Crippen LogP contribution is 2.43. The first kappa shape index (κ1) is 18.8. The number of primary amides is 1. The fourth-order valence-electron chi connectivity index (χ4n) is 3.01. The Bertz CT molecular complexity index is 864. The molecule has 7 nitrogen and oxygen atoms in total. The highest BCUT2D eigenvalue weighted by atomic mass is 19.1. The molecule has 0 bridgehead atoms. The molecule has 2 amide bonds. The van der Waals surface area contributed by atoms with Crippen molar-refractivity contribution in [1.82, 2.24) is 4.98 Å². The second-order valence-electron chi connectivity index (χ2n) is 6.56. The number of hydrogen-bond donors (Lipinski definition) is 2. The zero-order valence-corrected chi connectivity index (χ0v) is 15.0. The Hall–Kier alpha value is -3.00. The third-order valence-corrected chi connectivity index (χ3v) is 4.74. The molecular weight excluding hydrogens is 353 g/mol. The molecule has 0 spiro atoms.